The Labute approximate surface area is 160 Å². The first-order valence-corrected chi connectivity index (χ1v) is 10.1. The van der Waals surface area contributed by atoms with E-state index in [0.29, 0.717) is 43.7 Å². The molecular formula is C21H30FN3O2. The summed E-state index contributed by atoms with van der Waals surface area (Å²) in [6, 6.07) is 5.98. The third kappa shape index (κ3) is 5.51. The first-order chi connectivity index (χ1) is 13.0. The summed E-state index contributed by atoms with van der Waals surface area (Å²) < 4.78 is 13.1. The van der Waals surface area contributed by atoms with Gasteiger partial charge >= 0.3 is 0 Å². The zero-order chi connectivity index (χ0) is 19.2. The molecule has 1 saturated carbocycles. The Morgan fingerprint density at radius 3 is 2.52 bits per heavy atom. The maximum atomic E-state index is 13.1. The van der Waals surface area contributed by atoms with Crippen LogP contribution in [0.4, 0.5) is 4.39 Å². The lowest BCUT2D eigenvalue weighted by Crippen LogP contribution is -2.46. The predicted octanol–water partition coefficient (Wildman–Crippen LogP) is 2.67. The predicted molar refractivity (Wildman–Crippen MR) is 103 cm³/mol. The van der Waals surface area contributed by atoms with E-state index in [-0.39, 0.29) is 17.6 Å². The average Bonchev–Trinajstić information content (AvgIpc) is 2.89. The number of hydrogen-bond donors (Lipinski definition) is 1. The van der Waals surface area contributed by atoms with Gasteiger partial charge in [-0.05, 0) is 49.4 Å². The molecule has 0 unspecified atom stereocenters. The number of rotatable bonds is 4. The third-order valence-electron chi connectivity index (χ3n) is 5.79. The van der Waals surface area contributed by atoms with Gasteiger partial charge in [-0.3, -0.25) is 14.5 Å². The van der Waals surface area contributed by atoms with Gasteiger partial charge < -0.3 is 10.2 Å². The number of carbonyl (C=O) groups excluding carboxylic acids is 2. The van der Waals surface area contributed by atoms with Gasteiger partial charge in [0.15, 0.2) is 0 Å². The second kappa shape index (κ2) is 9.31. The standard InChI is InChI=1S/C21H30FN3O2/c1-16-5-2-3-6-19(16)23-20(26)15-24-11-4-12-25(14-13-24)21(27)17-7-9-18(22)10-8-17/h7-10,16,19H,2-6,11-15H2,1H3,(H,23,26)/t16-,19+/m1/s1. The molecule has 1 N–H and O–H groups in total. The molecule has 2 atom stereocenters. The molecule has 1 aromatic carbocycles. The van der Waals surface area contributed by atoms with Crippen molar-refractivity contribution in [2.75, 3.05) is 32.7 Å². The third-order valence-corrected chi connectivity index (χ3v) is 5.79. The number of benzene rings is 1. The van der Waals surface area contributed by atoms with Gasteiger partial charge in [0.1, 0.15) is 5.82 Å². The Bertz CT molecular complexity index is 649. The van der Waals surface area contributed by atoms with E-state index < -0.39 is 0 Å². The van der Waals surface area contributed by atoms with Crippen molar-refractivity contribution >= 4 is 11.8 Å². The Morgan fingerprint density at radius 2 is 1.78 bits per heavy atom. The highest BCUT2D eigenvalue weighted by Gasteiger charge is 2.25. The van der Waals surface area contributed by atoms with Gasteiger partial charge in [0.25, 0.3) is 5.91 Å². The zero-order valence-electron chi connectivity index (χ0n) is 16.1. The van der Waals surface area contributed by atoms with Crippen molar-refractivity contribution in [1.82, 2.24) is 15.1 Å². The van der Waals surface area contributed by atoms with Crippen molar-refractivity contribution in [3.63, 3.8) is 0 Å². The number of nitrogens with one attached hydrogen (secondary N) is 1. The summed E-state index contributed by atoms with van der Waals surface area (Å²) in [7, 11) is 0. The molecule has 2 aliphatic rings. The molecule has 5 nitrogen and oxygen atoms in total. The molecule has 1 aromatic rings. The van der Waals surface area contributed by atoms with Crippen LogP contribution in [0.5, 0.6) is 0 Å². The van der Waals surface area contributed by atoms with E-state index in [9.17, 15) is 14.0 Å². The number of amides is 2. The molecule has 1 aliphatic carbocycles. The summed E-state index contributed by atoms with van der Waals surface area (Å²) in [5.74, 6) is 0.229. The van der Waals surface area contributed by atoms with Crippen molar-refractivity contribution in [2.24, 2.45) is 5.92 Å². The van der Waals surface area contributed by atoms with E-state index >= 15 is 0 Å². The summed E-state index contributed by atoms with van der Waals surface area (Å²) in [5.41, 5.74) is 0.508. The molecule has 1 aliphatic heterocycles. The van der Waals surface area contributed by atoms with E-state index in [4.69, 9.17) is 0 Å². The fraction of sp³-hybridized carbons (Fsp3) is 0.619. The van der Waals surface area contributed by atoms with Crippen LogP contribution in [0.15, 0.2) is 24.3 Å². The van der Waals surface area contributed by atoms with E-state index in [2.05, 4.69) is 17.1 Å². The molecule has 2 amide bonds. The number of halogens is 1. The van der Waals surface area contributed by atoms with Crippen LogP contribution in [0.25, 0.3) is 0 Å². The molecule has 148 valence electrons. The van der Waals surface area contributed by atoms with Crippen LogP contribution in [-0.2, 0) is 4.79 Å². The fourth-order valence-electron chi connectivity index (χ4n) is 4.09. The summed E-state index contributed by atoms with van der Waals surface area (Å²) in [4.78, 5) is 29.0. The summed E-state index contributed by atoms with van der Waals surface area (Å²) in [6.45, 7) is 5.34. The SMILES string of the molecule is C[C@@H]1CCCC[C@@H]1NC(=O)CN1CCCN(C(=O)c2ccc(F)cc2)CC1. The normalized spacial score (nSPS) is 24.3. The van der Waals surface area contributed by atoms with Crippen molar-refractivity contribution in [3.8, 4) is 0 Å². The van der Waals surface area contributed by atoms with Crippen molar-refractivity contribution in [2.45, 2.75) is 45.1 Å². The smallest absolute Gasteiger partial charge is 0.253 e. The average molecular weight is 375 g/mol. The van der Waals surface area contributed by atoms with Crippen molar-refractivity contribution < 1.29 is 14.0 Å². The quantitative estimate of drug-likeness (QED) is 0.880. The molecule has 0 radical (unpaired) electrons. The molecule has 27 heavy (non-hydrogen) atoms. The van der Waals surface area contributed by atoms with E-state index in [1.807, 2.05) is 0 Å². The molecular weight excluding hydrogens is 345 g/mol. The summed E-state index contributed by atoms with van der Waals surface area (Å²) >= 11 is 0. The van der Waals surface area contributed by atoms with Crippen LogP contribution in [0.3, 0.4) is 0 Å². The molecule has 2 fully saturated rings. The Hall–Kier alpha value is -1.95. The lowest BCUT2D eigenvalue weighted by molar-refractivity contribution is -0.123. The van der Waals surface area contributed by atoms with Crippen LogP contribution in [0, 0.1) is 11.7 Å². The molecule has 0 bridgehead atoms. The van der Waals surface area contributed by atoms with Gasteiger partial charge in [-0.2, -0.15) is 0 Å². The van der Waals surface area contributed by atoms with Gasteiger partial charge in [-0.1, -0.05) is 19.8 Å². The van der Waals surface area contributed by atoms with E-state index in [1.165, 1.54) is 43.5 Å². The maximum Gasteiger partial charge on any atom is 0.253 e. The van der Waals surface area contributed by atoms with Crippen molar-refractivity contribution in [1.29, 1.82) is 0 Å². The minimum absolute atomic E-state index is 0.0719. The number of nitrogens with zero attached hydrogens (tertiary/aromatic N) is 2. The van der Waals surface area contributed by atoms with Crippen LogP contribution in [0.2, 0.25) is 0 Å². The first kappa shape index (κ1) is 19.8. The topological polar surface area (TPSA) is 52.7 Å². The van der Waals surface area contributed by atoms with Gasteiger partial charge in [0.05, 0.1) is 6.54 Å². The molecule has 0 spiro atoms. The highest BCUT2D eigenvalue weighted by Crippen LogP contribution is 2.23. The highest BCUT2D eigenvalue weighted by atomic mass is 19.1. The molecule has 1 saturated heterocycles. The monoisotopic (exact) mass is 375 g/mol. The van der Waals surface area contributed by atoms with Gasteiger partial charge in [-0.25, -0.2) is 4.39 Å². The van der Waals surface area contributed by atoms with Gasteiger partial charge in [0, 0.05) is 37.8 Å². The van der Waals surface area contributed by atoms with Crippen LogP contribution in [0.1, 0.15) is 49.4 Å². The lowest BCUT2D eigenvalue weighted by atomic mass is 9.86. The second-order valence-corrected chi connectivity index (χ2v) is 7.86. The van der Waals surface area contributed by atoms with Gasteiger partial charge in [-0.15, -0.1) is 0 Å². The highest BCUT2D eigenvalue weighted by molar-refractivity contribution is 5.94. The van der Waals surface area contributed by atoms with Crippen LogP contribution in [-0.4, -0.2) is 60.4 Å². The minimum Gasteiger partial charge on any atom is -0.352 e. The second-order valence-electron chi connectivity index (χ2n) is 7.86. The summed E-state index contributed by atoms with van der Waals surface area (Å²) in [5, 5.41) is 3.20. The van der Waals surface area contributed by atoms with E-state index in [0.717, 1.165) is 19.4 Å². The minimum atomic E-state index is -0.341. The number of carbonyl (C=O) groups is 2. The largest absolute Gasteiger partial charge is 0.352 e. The molecule has 6 heteroatoms. The van der Waals surface area contributed by atoms with Crippen molar-refractivity contribution in [3.05, 3.63) is 35.6 Å². The zero-order valence-corrected chi connectivity index (χ0v) is 16.1. The fourth-order valence-corrected chi connectivity index (χ4v) is 4.09. The maximum absolute atomic E-state index is 13.1. The van der Waals surface area contributed by atoms with Crippen LogP contribution >= 0.6 is 0 Å². The first-order valence-electron chi connectivity index (χ1n) is 10.1. The molecule has 3 rings (SSSR count). The lowest BCUT2D eigenvalue weighted by Gasteiger charge is -2.30. The Balaban J connectivity index is 1.48. The van der Waals surface area contributed by atoms with E-state index in [1.54, 1.807) is 4.90 Å². The Morgan fingerprint density at radius 1 is 1.04 bits per heavy atom. The number of hydrogen-bond acceptors (Lipinski definition) is 3. The van der Waals surface area contributed by atoms with Gasteiger partial charge in [0.2, 0.25) is 5.91 Å². The summed E-state index contributed by atoms with van der Waals surface area (Å²) in [6.07, 6.45) is 5.55. The van der Waals surface area contributed by atoms with Crippen LogP contribution < -0.4 is 5.32 Å². The molecule has 1 heterocycles. The molecule has 0 aromatic heterocycles. The Kier molecular flexibility index (Phi) is 6.83.